The van der Waals surface area contributed by atoms with E-state index in [0.29, 0.717) is 0 Å². The molecule has 0 saturated carbocycles. The summed E-state index contributed by atoms with van der Waals surface area (Å²) in [4.78, 5) is 1.29. The monoisotopic (exact) mass is 248 g/mol. The molecule has 0 aliphatic rings. The van der Waals surface area contributed by atoms with E-state index in [-0.39, 0.29) is 5.57 Å². The molecule has 0 spiro atoms. The van der Waals surface area contributed by atoms with Crippen LogP contribution in [0.25, 0.3) is 6.08 Å². The Labute approximate surface area is 104 Å². The third kappa shape index (κ3) is 3.13. The van der Waals surface area contributed by atoms with Gasteiger partial charge in [0.25, 0.3) is 0 Å². The second kappa shape index (κ2) is 6.37. The second-order valence-electron chi connectivity index (χ2n) is 3.02. The average molecular weight is 248 g/mol. The largest absolute Gasteiger partial charge is 0.192 e. The molecule has 82 valence electrons. The zero-order valence-electron chi connectivity index (χ0n) is 9.28. The molecular formula is C12H12N2S2. The van der Waals surface area contributed by atoms with Crippen LogP contribution in [0.4, 0.5) is 0 Å². The van der Waals surface area contributed by atoms with Gasteiger partial charge in [-0.3, -0.25) is 0 Å². The van der Waals surface area contributed by atoms with Crippen molar-refractivity contribution < 1.29 is 0 Å². The van der Waals surface area contributed by atoms with Gasteiger partial charge in [-0.25, -0.2) is 0 Å². The molecular weight excluding hydrogens is 236 g/mol. The van der Waals surface area contributed by atoms with E-state index in [0.717, 1.165) is 17.7 Å². The van der Waals surface area contributed by atoms with Crippen LogP contribution in [-0.2, 0) is 6.42 Å². The van der Waals surface area contributed by atoms with E-state index >= 15 is 0 Å². The predicted molar refractivity (Wildman–Crippen MR) is 69.3 cm³/mol. The van der Waals surface area contributed by atoms with Gasteiger partial charge in [0.2, 0.25) is 0 Å². The molecule has 0 saturated heterocycles. The van der Waals surface area contributed by atoms with Gasteiger partial charge in [0.1, 0.15) is 17.7 Å². The molecule has 1 aromatic rings. The maximum Gasteiger partial charge on any atom is 0.130 e. The van der Waals surface area contributed by atoms with Gasteiger partial charge in [0, 0.05) is 10.4 Å². The second-order valence-corrected chi connectivity index (χ2v) is 5.69. The van der Waals surface area contributed by atoms with Gasteiger partial charge in [-0.1, -0.05) is 13.8 Å². The zero-order valence-corrected chi connectivity index (χ0v) is 10.9. The van der Waals surface area contributed by atoms with E-state index in [4.69, 9.17) is 10.5 Å². The lowest BCUT2D eigenvalue weighted by atomic mass is 10.2. The van der Waals surface area contributed by atoms with E-state index in [1.54, 1.807) is 29.2 Å². The lowest BCUT2D eigenvalue weighted by molar-refractivity contribution is 1.19. The summed E-state index contributed by atoms with van der Waals surface area (Å²) in [6, 6.07) is 5.85. The first-order chi connectivity index (χ1) is 7.74. The van der Waals surface area contributed by atoms with Crippen molar-refractivity contribution in [1.82, 2.24) is 0 Å². The fourth-order valence-electron chi connectivity index (χ4n) is 1.20. The number of nitrogens with zero attached hydrogens (tertiary/aromatic N) is 2. The number of thioether (sulfide) groups is 1. The van der Waals surface area contributed by atoms with Crippen LogP contribution < -0.4 is 0 Å². The maximum atomic E-state index is 8.73. The SMILES string of the molecule is CCSc1sc(CC)cc1C=C(C#N)C#N. The summed E-state index contributed by atoms with van der Waals surface area (Å²) in [6.07, 6.45) is 2.66. The summed E-state index contributed by atoms with van der Waals surface area (Å²) in [6.45, 7) is 4.20. The highest BCUT2D eigenvalue weighted by Crippen LogP contribution is 2.33. The predicted octanol–water partition coefficient (Wildman–Crippen LogP) is 3.85. The van der Waals surface area contributed by atoms with Gasteiger partial charge in [0.15, 0.2) is 0 Å². The highest BCUT2D eigenvalue weighted by Gasteiger charge is 2.07. The highest BCUT2D eigenvalue weighted by atomic mass is 32.2. The molecule has 0 amide bonds. The minimum Gasteiger partial charge on any atom is -0.192 e. The fourth-order valence-corrected chi connectivity index (χ4v) is 3.46. The summed E-state index contributed by atoms with van der Waals surface area (Å²) < 4.78 is 1.20. The molecule has 1 aromatic heterocycles. The van der Waals surface area contributed by atoms with Crippen molar-refractivity contribution in [2.75, 3.05) is 5.75 Å². The molecule has 0 aromatic carbocycles. The normalized spacial score (nSPS) is 9.25. The third-order valence-electron chi connectivity index (χ3n) is 1.94. The summed E-state index contributed by atoms with van der Waals surface area (Å²) in [5, 5.41) is 17.5. The number of hydrogen-bond donors (Lipinski definition) is 0. The lowest BCUT2D eigenvalue weighted by Gasteiger charge is -1.94. The Kier molecular flexibility index (Phi) is 5.11. The van der Waals surface area contributed by atoms with Crippen molar-refractivity contribution in [1.29, 1.82) is 10.5 Å². The van der Waals surface area contributed by atoms with Gasteiger partial charge >= 0.3 is 0 Å². The van der Waals surface area contributed by atoms with E-state index in [2.05, 4.69) is 19.9 Å². The van der Waals surface area contributed by atoms with Crippen LogP contribution in [0.1, 0.15) is 24.3 Å². The standard InChI is InChI=1S/C12H12N2S2/c1-3-11-6-10(5-9(7-13)8-14)12(16-11)15-4-2/h5-6H,3-4H2,1-2H3. The number of aryl methyl sites for hydroxylation is 1. The maximum absolute atomic E-state index is 8.73. The molecule has 0 radical (unpaired) electrons. The fraction of sp³-hybridized carbons (Fsp3) is 0.333. The molecule has 4 heteroatoms. The van der Waals surface area contributed by atoms with E-state index in [1.807, 2.05) is 12.1 Å². The van der Waals surface area contributed by atoms with Crippen LogP contribution in [-0.4, -0.2) is 5.75 Å². The molecule has 16 heavy (non-hydrogen) atoms. The van der Waals surface area contributed by atoms with Crippen LogP contribution in [0.2, 0.25) is 0 Å². The topological polar surface area (TPSA) is 47.6 Å². The van der Waals surface area contributed by atoms with Crippen LogP contribution in [0.15, 0.2) is 15.8 Å². The first-order valence-electron chi connectivity index (χ1n) is 5.02. The molecule has 1 rings (SSSR count). The van der Waals surface area contributed by atoms with Crippen molar-refractivity contribution in [3.8, 4) is 12.1 Å². The van der Waals surface area contributed by atoms with E-state index in [1.165, 1.54) is 9.09 Å². The van der Waals surface area contributed by atoms with Crippen LogP contribution in [0, 0.1) is 22.7 Å². The number of nitriles is 2. The smallest absolute Gasteiger partial charge is 0.130 e. The lowest BCUT2D eigenvalue weighted by Crippen LogP contribution is -1.75. The Morgan fingerprint density at radius 3 is 2.62 bits per heavy atom. The quantitative estimate of drug-likeness (QED) is 0.600. The first-order valence-corrected chi connectivity index (χ1v) is 6.82. The molecule has 1 heterocycles. The third-order valence-corrected chi connectivity index (χ3v) is 4.42. The molecule has 0 aliphatic carbocycles. The Balaban J connectivity index is 3.12. The Morgan fingerprint density at radius 1 is 1.44 bits per heavy atom. The Hall–Kier alpha value is -1.23. The van der Waals surface area contributed by atoms with Gasteiger partial charge in [0.05, 0.1) is 4.21 Å². The van der Waals surface area contributed by atoms with Crippen molar-refractivity contribution in [3.05, 3.63) is 22.1 Å². The van der Waals surface area contributed by atoms with Crippen LogP contribution in [0.3, 0.4) is 0 Å². The van der Waals surface area contributed by atoms with Crippen LogP contribution >= 0.6 is 23.1 Å². The van der Waals surface area contributed by atoms with Gasteiger partial charge in [-0.05, 0) is 24.3 Å². The number of allylic oxidation sites excluding steroid dienone is 1. The molecule has 2 nitrogen and oxygen atoms in total. The van der Waals surface area contributed by atoms with Gasteiger partial charge < -0.3 is 0 Å². The number of hydrogen-bond acceptors (Lipinski definition) is 4. The van der Waals surface area contributed by atoms with Crippen molar-refractivity contribution in [3.63, 3.8) is 0 Å². The highest BCUT2D eigenvalue weighted by molar-refractivity contribution is 8.01. The first kappa shape index (κ1) is 12.8. The molecule has 0 N–H and O–H groups in total. The van der Waals surface area contributed by atoms with Crippen molar-refractivity contribution in [2.45, 2.75) is 24.5 Å². The van der Waals surface area contributed by atoms with Gasteiger partial charge in [-0.15, -0.1) is 23.1 Å². The minimum absolute atomic E-state index is 0.165. The summed E-state index contributed by atoms with van der Waals surface area (Å²) in [5.41, 5.74) is 1.17. The Bertz CT molecular complexity index is 456. The number of thiophene rings is 1. The van der Waals surface area contributed by atoms with E-state index in [9.17, 15) is 0 Å². The zero-order chi connectivity index (χ0) is 12.0. The molecule has 0 unspecified atom stereocenters. The minimum atomic E-state index is 0.165. The molecule has 0 aliphatic heterocycles. The molecule has 0 bridgehead atoms. The van der Waals surface area contributed by atoms with Crippen molar-refractivity contribution in [2.24, 2.45) is 0 Å². The molecule has 0 atom stereocenters. The number of rotatable bonds is 4. The van der Waals surface area contributed by atoms with E-state index < -0.39 is 0 Å². The van der Waals surface area contributed by atoms with Crippen LogP contribution in [0.5, 0.6) is 0 Å². The average Bonchev–Trinajstić information content (AvgIpc) is 2.69. The van der Waals surface area contributed by atoms with Crippen molar-refractivity contribution >= 4 is 29.2 Å². The molecule has 0 fully saturated rings. The Morgan fingerprint density at radius 2 is 2.12 bits per heavy atom. The summed E-state index contributed by atoms with van der Waals surface area (Å²) in [7, 11) is 0. The summed E-state index contributed by atoms with van der Waals surface area (Å²) in [5.74, 6) is 0.999. The van der Waals surface area contributed by atoms with Gasteiger partial charge in [-0.2, -0.15) is 10.5 Å². The summed E-state index contributed by atoms with van der Waals surface area (Å²) >= 11 is 3.50.